The van der Waals surface area contributed by atoms with E-state index in [1.54, 1.807) is 36.5 Å². The van der Waals surface area contributed by atoms with Crippen molar-refractivity contribution >= 4 is 29.1 Å². The van der Waals surface area contributed by atoms with Gasteiger partial charge in [0.15, 0.2) is 0 Å². The van der Waals surface area contributed by atoms with E-state index < -0.39 is 0 Å². The van der Waals surface area contributed by atoms with Crippen molar-refractivity contribution in [2.24, 2.45) is 0 Å². The predicted octanol–water partition coefficient (Wildman–Crippen LogP) is 3.82. The fourth-order valence-electron chi connectivity index (χ4n) is 3.23. The lowest BCUT2D eigenvalue weighted by atomic mass is 10.3. The van der Waals surface area contributed by atoms with Gasteiger partial charge in [0.05, 0.1) is 17.3 Å². The molecule has 1 aliphatic rings. The maximum Gasteiger partial charge on any atom is 0.238 e. The zero-order chi connectivity index (χ0) is 21.6. The number of amides is 1. The number of nitrogens with zero attached hydrogens (tertiary/aromatic N) is 4. The minimum atomic E-state index is -0.325. The number of piperazine rings is 1. The van der Waals surface area contributed by atoms with Crippen LogP contribution in [0.1, 0.15) is 0 Å². The second kappa shape index (κ2) is 9.72. The van der Waals surface area contributed by atoms with E-state index in [-0.39, 0.29) is 18.3 Å². The highest BCUT2D eigenvalue weighted by molar-refractivity contribution is 6.33. The SMILES string of the molecule is O=C(CN1CCN(c2nccc(Oc3ccc(F)cc3)n2)CC1)Nc1ccccc1Cl. The van der Waals surface area contributed by atoms with Crippen molar-refractivity contribution in [1.29, 1.82) is 0 Å². The summed E-state index contributed by atoms with van der Waals surface area (Å²) in [6, 6.07) is 14.6. The molecule has 31 heavy (non-hydrogen) atoms. The molecule has 7 nitrogen and oxygen atoms in total. The number of carbonyl (C=O) groups excluding carboxylic acids is 1. The maximum atomic E-state index is 13.0. The monoisotopic (exact) mass is 441 g/mol. The van der Waals surface area contributed by atoms with Crippen LogP contribution < -0.4 is 15.0 Å². The highest BCUT2D eigenvalue weighted by Gasteiger charge is 2.21. The van der Waals surface area contributed by atoms with Crippen LogP contribution in [0, 0.1) is 5.82 Å². The molecule has 1 N–H and O–H groups in total. The van der Waals surface area contributed by atoms with Gasteiger partial charge in [-0.05, 0) is 36.4 Å². The summed E-state index contributed by atoms with van der Waals surface area (Å²) in [7, 11) is 0. The van der Waals surface area contributed by atoms with Crippen LogP contribution in [0.5, 0.6) is 11.6 Å². The molecule has 0 aliphatic carbocycles. The van der Waals surface area contributed by atoms with E-state index in [4.69, 9.17) is 16.3 Å². The fourth-order valence-corrected chi connectivity index (χ4v) is 3.41. The minimum absolute atomic E-state index is 0.104. The second-order valence-electron chi connectivity index (χ2n) is 7.04. The second-order valence-corrected chi connectivity index (χ2v) is 7.45. The number of nitrogens with one attached hydrogen (secondary N) is 1. The van der Waals surface area contributed by atoms with Crippen molar-refractivity contribution in [3.05, 3.63) is 71.6 Å². The first-order valence-corrected chi connectivity index (χ1v) is 10.2. The van der Waals surface area contributed by atoms with Gasteiger partial charge in [0.1, 0.15) is 11.6 Å². The van der Waals surface area contributed by atoms with Crippen LogP contribution in [0.4, 0.5) is 16.0 Å². The van der Waals surface area contributed by atoms with Gasteiger partial charge in [-0.15, -0.1) is 0 Å². The number of halogens is 2. The van der Waals surface area contributed by atoms with E-state index in [1.165, 1.54) is 12.1 Å². The van der Waals surface area contributed by atoms with Crippen molar-refractivity contribution in [1.82, 2.24) is 14.9 Å². The summed E-state index contributed by atoms with van der Waals surface area (Å²) >= 11 is 6.09. The third-order valence-corrected chi connectivity index (χ3v) is 5.15. The molecule has 1 saturated heterocycles. The van der Waals surface area contributed by atoms with E-state index in [9.17, 15) is 9.18 Å². The highest BCUT2D eigenvalue weighted by atomic mass is 35.5. The van der Waals surface area contributed by atoms with Crippen molar-refractivity contribution in [3.8, 4) is 11.6 Å². The van der Waals surface area contributed by atoms with Gasteiger partial charge in [-0.3, -0.25) is 9.69 Å². The van der Waals surface area contributed by atoms with Crippen molar-refractivity contribution in [2.45, 2.75) is 0 Å². The van der Waals surface area contributed by atoms with Gasteiger partial charge in [0.2, 0.25) is 17.7 Å². The molecule has 4 rings (SSSR count). The average molecular weight is 442 g/mol. The molecular weight excluding hydrogens is 421 g/mol. The number of para-hydroxylation sites is 1. The summed E-state index contributed by atoms with van der Waals surface area (Å²) in [4.78, 5) is 25.2. The van der Waals surface area contributed by atoms with Crippen LogP contribution >= 0.6 is 11.6 Å². The molecular formula is C22H21ClFN5O2. The predicted molar refractivity (Wildman–Crippen MR) is 117 cm³/mol. The number of anilines is 2. The number of hydrogen-bond acceptors (Lipinski definition) is 6. The van der Waals surface area contributed by atoms with Crippen molar-refractivity contribution in [2.75, 3.05) is 42.9 Å². The Morgan fingerprint density at radius 1 is 1.06 bits per heavy atom. The Bertz CT molecular complexity index is 1040. The summed E-state index contributed by atoms with van der Waals surface area (Å²) in [6.07, 6.45) is 1.63. The van der Waals surface area contributed by atoms with Gasteiger partial charge in [-0.25, -0.2) is 9.37 Å². The number of benzene rings is 2. The molecule has 1 aromatic heterocycles. The first kappa shape index (κ1) is 21.0. The number of ether oxygens (including phenoxy) is 1. The molecule has 9 heteroatoms. The molecule has 1 fully saturated rings. The zero-order valence-corrected chi connectivity index (χ0v) is 17.4. The Morgan fingerprint density at radius 2 is 1.81 bits per heavy atom. The number of hydrogen-bond donors (Lipinski definition) is 1. The topological polar surface area (TPSA) is 70.6 Å². The van der Waals surface area contributed by atoms with E-state index in [1.807, 2.05) is 17.0 Å². The van der Waals surface area contributed by atoms with Crippen LogP contribution in [0.2, 0.25) is 5.02 Å². The lowest BCUT2D eigenvalue weighted by molar-refractivity contribution is -0.117. The lowest BCUT2D eigenvalue weighted by Crippen LogP contribution is -2.49. The van der Waals surface area contributed by atoms with Crippen LogP contribution in [0.25, 0.3) is 0 Å². The normalized spacial score (nSPS) is 14.3. The van der Waals surface area contributed by atoms with E-state index >= 15 is 0 Å². The molecule has 0 bridgehead atoms. The summed E-state index contributed by atoms with van der Waals surface area (Å²) in [5, 5.41) is 3.36. The van der Waals surface area contributed by atoms with Crippen molar-refractivity contribution in [3.63, 3.8) is 0 Å². The number of carbonyl (C=O) groups is 1. The Balaban J connectivity index is 1.30. The van der Waals surface area contributed by atoms with E-state index in [0.29, 0.717) is 54.5 Å². The van der Waals surface area contributed by atoms with Gasteiger partial charge in [0, 0.05) is 38.4 Å². The molecule has 0 radical (unpaired) electrons. The number of rotatable bonds is 6. The Kier molecular flexibility index (Phi) is 6.59. The van der Waals surface area contributed by atoms with Gasteiger partial charge in [0.25, 0.3) is 0 Å². The van der Waals surface area contributed by atoms with Crippen LogP contribution in [-0.4, -0.2) is 53.5 Å². The Morgan fingerprint density at radius 3 is 2.55 bits per heavy atom. The minimum Gasteiger partial charge on any atom is -0.439 e. The molecule has 0 unspecified atom stereocenters. The van der Waals surface area contributed by atoms with Gasteiger partial charge in [-0.2, -0.15) is 4.98 Å². The smallest absolute Gasteiger partial charge is 0.238 e. The summed E-state index contributed by atoms with van der Waals surface area (Å²) < 4.78 is 18.7. The fraction of sp³-hybridized carbons (Fsp3) is 0.227. The quantitative estimate of drug-likeness (QED) is 0.627. The van der Waals surface area contributed by atoms with Gasteiger partial charge in [-0.1, -0.05) is 23.7 Å². The van der Waals surface area contributed by atoms with Crippen LogP contribution in [-0.2, 0) is 4.79 Å². The third kappa shape index (κ3) is 5.68. The average Bonchev–Trinajstić information content (AvgIpc) is 2.78. The van der Waals surface area contributed by atoms with E-state index in [0.717, 1.165) is 0 Å². The van der Waals surface area contributed by atoms with Crippen molar-refractivity contribution < 1.29 is 13.9 Å². The summed E-state index contributed by atoms with van der Waals surface area (Å²) in [5.41, 5.74) is 0.610. The Hall–Kier alpha value is -3.23. The molecule has 1 aliphatic heterocycles. The first-order valence-electron chi connectivity index (χ1n) is 9.85. The first-order chi connectivity index (χ1) is 15.1. The summed E-state index contributed by atoms with van der Waals surface area (Å²) in [6.45, 7) is 3.04. The molecule has 0 spiro atoms. The molecule has 160 valence electrons. The highest BCUT2D eigenvalue weighted by Crippen LogP contribution is 2.22. The van der Waals surface area contributed by atoms with Crippen LogP contribution in [0.15, 0.2) is 60.8 Å². The number of aromatic nitrogens is 2. The third-order valence-electron chi connectivity index (χ3n) is 4.82. The van der Waals surface area contributed by atoms with Crippen LogP contribution in [0.3, 0.4) is 0 Å². The summed E-state index contributed by atoms with van der Waals surface area (Å²) in [5.74, 6) is 1.01. The Labute approximate surface area is 184 Å². The molecule has 2 aromatic carbocycles. The molecule has 0 atom stereocenters. The molecule has 2 heterocycles. The molecule has 0 saturated carbocycles. The molecule has 1 amide bonds. The standard InChI is InChI=1S/C22H21ClFN5O2/c23-18-3-1-2-4-19(18)26-20(30)15-28-11-13-29(14-12-28)22-25-10-9-21(27-22)31-17-7-5-16(24)6-8-17/h1-10H,11-15H2,(H,26,30). The largest absolute Gasteiger partial charge is 0.439 e. The lowest BCUT2D eigenvalue weighted by Gasteiger charge is -2.34. The van der Waals surface area contributed by atoms with Gasteiger partial charge < -0.3 is 15.0 Å². The maximum absolute atomic E-state index is 13.0. The molecule has 3 aromatic rings. The van der Waals surface area contributed by atoms with E-state index in [2.05, 4.69) is 20.2 Å². The van der Waals surface area contributed by atoms with Gasteiger partial charge >= 0.3 is 0 Å². The zero-order valence-electron chi connectivity index (χ0n) is 16.7.